The highest BCUT2D eigenvalue weighted by atomic mass is 16.5. The van der Waals surface area contributed by atoms with Gasteiger partial charge in [0, 0.05) is 42.1 Å². The highest BCUT2D eigenvalue weighted by Crippen LogP contribution is 2.34. The van der Waals surface area contributed by atoms with Gasteiger partial charge in [0.1, 0.15) is 17.0 Å². The van der Waals surface area contributed by atoms with E-state index in [2.05, 4.69) is 48.0 Å². The maximum Gasteiger partial charge on any atom is 0.130 e. The second-order valence-electron chi connectivity index (χ2n) is 7.79. The molecule has 0 aliphatic carbocycles. The Bertz CT molecular complexity index is 1100. The maximum atomic E-state index is 7.38. The first-order valence-electron chi connectivity index (χ1n) is 10.1. The van der Waals surface area contributed by atoms with Gasteiger partial charge in [-0.2, -0.15) is 5.10 Å². The van der Waals surface area contributed by atoms with E-state index in [1.807, 2.05) is 16.9 Å². The summed E-state index contributed by atoms with van der Waals surface area (Å²) in [4.78, 5) is 11.7. The zero-order valence-corrected chi connectivity index (χ0v) is 17.5. The van der Waals surface area contributed by atoms with Crippen molar-refractivity contribution in [1.29, 1.82) is 5.41 Å². The molecule has 1 saturated heterocycles. The summed E-state index contributed by atoms with van der Waals surface area (Å²) in [6.07, 6.45) is 8.37. The van der Waals surface area contributed by atoms with Crippen molar-refractivity contribution in [1.82, 2.24) is 19.7 Å². The summed E-state index contributed by atoms with van der Waals surface area (Å²) in [6.45, 7) is 8.44. The van der Waals surface area contributed by atoms with Gasteiger partial charge in [-0.05, 0) is 44.5 Å². The molecular weight excluding hydrogens is 378 g/mol. The number of fused-ring (bicyclic) bond motifs is 1. The predicted octanol–water partition coefficient (Wildman–Crippen LogP) is 3.25. The highest BCUT2D eigenvalue weighted by molar-refractivity contribution is 6.01. The van der Waals surface area contributed by atoms with Gasteiger partial charge in [0.25, 0.3) is 0 Å². The molecule has 1 aliphatic heterocycles. The molecule has 4 heterocycles. The molecule has 0 unspecified atom stereocenters. The highest BCUT2D eigenvalue weighted by Gasteiger charge is 2.23. The molecule has 156 valence electrons. The fraction of sp³-hybridized carbons (Fsp3) is 0.364. The lowest BCUT2D eigenvalue weighted by Gasteiger charge is -2.34. The number of morpholine rings is 1. The van der Waals surface area contributed by atoms with E-state index in [1.54, 1.807) is 6.20 Å². The van der Waals surface area contributed by atoms with E-state index in [0.717, 1.165) is 40.6 Å². The summed E-state index contributed by atoms with van der Waals surface area (Å²) in [5.74, 6) is 0.863. The number of anilines is 1. The van der Waals surface area contributed by atoms with E-state index < -0.39 is 0 Å². The minimum absolute atomic E-state index is 0.213. The Morgan fingerprint density at radius 2 is 2.23 bits per heavy atom. The second kappa shape index (κ2) is 8.23. The Kier molecular flexibility index (Phi) is 5.50. The Morgan fingerprint density at radius 1 is 1.40 bits per heavy atom. The molecule has 0 spiro atoms. The van der Waals surface area contributed by atoms with Crippen LogP contribution in [0.15, 0.2) is 36.8 Å². The van der Waals surface area contributed by atoms with Crippen LogP contribution >= 0.6 is 0 Å². The summed E-state index contributed by atoms with van der Waals surface area (Å²) >= 11 is 0. The molecule has 1 aliphatic rings. The molecule has 4 rings (SSSR count). The molecule has 8 heteroatoms. The standard InChI is InChI=1S/C22H27N7O/c1-14(2)29-12-16(11-26-29)18-10-20(28-8-9-30-13-15(28)3)27-21-17(18)5-7-25-22(21)19(24)4-6-23/h4-7,10-12,14-15,23H,8-9,13,24H2,1-3H3/b19-4-,23-6?/t15-/m1/s1. The van der Waals surface area contributed by atoms with Crippen LogP contribution in [-0.2, 0) is 4.74 Å². The van der Waals surface area contributed by atoms with E-state index in [4.69, 9.17) is 20.9 Å². The van der Waals surface area contributed by atoms with Crippen LogP contribution in [0.1, 0.15) is 32.5 Å². The van der Waals surface area contributed by atoms with Crippen molar-refractivity contribution >= 4 is 28.6 Å². The fourth-order valence-electron chi connectivity index (χ4n) is 3.73. The van der Waals surface area contributed by atoms with Crippen LogP contribution in [0.2, 0.25) is 0 Å². The second-order valence-corrected chi connectivity index (χ2v) is 7.79. The number of nitrogens with two attached hydrogens (primary N) is 1. The number of hydrogen-bond donors (Lipinski definition) is 2. The molecule has 0 radical (unpaired) electrons. The molecule has 1 fully saturated rings. The maximum absolute atomic E-state index is 7.38. The number of nitrogens with zero attached hydrogens (tertiary/aromatic N) is 5. The number of nitrogens with one attached hydrogen (secondary N) is 1. The third-order valence-corrected chi connectivity index (χ3v) is 5.35. The lowest BCUT2D eigenvalue weighted by atomic mass is 10.0. The van der Waals surface area contributed by atoms with Crippen molar-refractivity contribution < 1.29 is 4.74 Å². The van der Waals surface area contributed by atoms with Gasteiger partial charge in [-0.3, -0.25) is 9.67 Å². The Hall–Kier alpha value is -3.26. The first-order valence-corrected chi connectivity index (χ1v) is 10.1. The molecule has 3 aromatic rings. The van der Waals surface area contributed by atoms with Gasteiger partial charge in [0.15, 0.2) is 0 Å². The van der Waals surface area contributed by atoms with Crippen LogP contribution in [0.25, 0.3) is 27.7 Å². The number of aromatic nitrogens is 4. The summed E-state index contributed by atoms with van der Waals surface area (Å²) in [6, 6.07) is 4.56. The molecule has 3 aromatic heterocycles. The first kappa shape index (κ1) is 20.0. The Balaban J connectivity index is 1.97. The minimum atomic E-state index is 0.213. The summed E-state index contributed by atoms with van der Waals surface area (Å²) in [5, 5.41) is 12.9. The van der Waals surface area contributed by atoms with Crippen molar-refractivity contribution in [2.24, 2.45) is 5.73 Å². The number of allylic oxidation sites excluding steroid dienone is 1. The van der Waals surface area contributed by atoms with Crippen LogP contribution in [0, 0.1) is 5.41 Å². The largest absolute Gasteiger partial charge is 0.397 e. The van der Waals surface area contributed by atoms with Gasteiger partial charge < -0.3 is 20.8 Å². The van der Waals surface area contributed by atoms with Crippen LogP contribution in [-0.4, -0.2) is 51.8 Å². The van der Waals surface area contributed by atoms with E-state index in [0.29, 0.717) is 24.6 Å². The number of pyridine rings is 2. The summed E-state index contributed by atoms with van der Waals surface area (Å²) in [7, 11) is 0. The van der Waals surface area contributed by atoms with Crippen molar-refractivity contribution in [3.8, 4) is 11.1 Å². The van der Waals surface area contributed by atoms with Crippen molar-refractivity contribution in [2.75, 3.05) is 24.7 Å². The molecule has 8 nitrogen and oxygen atoms in total. The molecule has 3 N–H and O–H groups in total. The monoisotopic (exact) mass is 405 g/mol. The molecule has 0 amide bonds. The molecule has 0 saturated carbocycles. The molecule has 1 atom stereocenters. The normalized spacial score (nSPS) is 17.7. The van der Waals surface area contributed by atoms with Crippen molar-refractivity contribution in [2.45, 2.75) is 32.9 Å². The molecule has 30 heavy (non-hydrogen) atoms. The average Bonchev–Trinajstić information content (AvgIpc) is 3.23. The predicted molar refractivity (Wildman–Crippen MR) is 120 cm³/mol. The number of rotatable bonds is 5. The Labute approximate surface area is 175 Å². The number of hydrogen-bond acceptors (Lipinski definition) is 7. The van der Waals surface area contributed by atoms with Crippen LogP contribution in [0.4, 0.5) is 5.82 Å². The summed E-state index contributed by atoms with van der Waals surface area (Å²) < 4.78 is 7.56. The zero-order chi connectivity index (χ0) is 21.3. The fourth-order valence-corrected chi connectivity index (χ4v) is 3.73. The van der Waals surface area contributed by atoms with E-state index in [-0.39, 0.29) is 12.1 Å². The third kappa shape index (κ3) is 3.66. The van der Waals surface area contributed by atoms with Gasteiger partial charge in [-0.25, -0.2) is 4.98 Å². The lowest BCUT2D eigenvalue weighted by molar-refractivity contribution is 0.0986. The minimum Gasteiger partial charge on any atom is -0.397 e. The van der Waals surface area contributed by atoms with E-state index >= 15 is 0 Å². The quantitative estimate of drug-likeness (QED) is 0.631. The van der Waals surface area contributed by atoms with Gasteiger partial charge in [-0.1, -0.05) is 0 Å². The molecular formula is C22H27N7O. The Morgan fingerprint density at radius 3 is 2.93 bits per heavy atom. The smallest absolute Gasteiger partial charge is 0.130 e. The third-order valence-electron chi connectivity index (χ3n) is 5.35. The summed E-state index contributed by atoms with van der Waals surface area (Å²) in [5.41, 5.74) is 9.98. The number of ether oxygens (including phenoxy) is 1. The van der Waals surface area contributed by atoms with Gasteiger partial charge >= 0.3 is 0 Å². The van der Waals surface area contributed by atoms with Crippen molar-refractivity contribution in [3.05, 3.63) is 42.5 Å². The van der Waals surface area contributed by atoms with E-state index in [1.165, 1.54) is 6.08 Å². The van der Waals surface area contributed by atoms with Gasteiger partial charge in [0.05, 0.1) is 31.1 Å². The SMILES string of the molecule is CC(C)n1cc(-c2cc(N3CCOC[C@H]3C)nc3c(/C(N)=C/C=N)nccc23)cn1. The van der Waals surface area contributed by atoms with Crippen LogP contribution in [0.3, 0.4) is 0 Å². The van der Waals surface area contributed by atoms with Crippen LogP contribution < -0.4 is 10.6 Å². The topological polar surface area (TPSA) is 106 Å². The first-order chi connectivity index (χ1) is 14.5. The van der Waals surface area contributed by atoms with Crippen LogP contribution in [0.5, 0.6) is 0 Å². The average molecular weight is 406 g/mol. The molecule has 0 aromatic carbocycles. The van der Waals surface area contributed by atoms with Gasteiger partial charge in [0.2, 0.25) is 0 Å². The van der Waals surface area contributed by atoms with Gasteiger partial charge in [-0.15, -0.1) is 0 Å². The van der Waals surface area contributed by atoms with E-state index in [9.17, 15) is 0 Å². The van der Waals surface area contributed by atoms with Crippen molar-refractivity contribution in [3.63, 3.8) is 0 Å². The lowest BCUT2D eigenvalue weighted by Crippen LogP contribution is -2.44. The zero-order valence-electron chi connectivity index (χ0n) is 17.5. The molecule has 0 bridgehead atoms.